The third kappa shape index (κ3) is 1.46. The molecule has 3 rings (SSSR count). The number of halogens is 1. The topological polar surface area (TPSA) is 17.1 Å². The molecule has 1 heterocycles. The normalized spacial score (nSPS) is 32.8. The Morgan fingerprint density at radius 2 is 2.13 bits per heavy atom. The Bertz CT molecular complexity index is 394. The van der Waals surface area contributed by atoms with Gasteiger partial charge < -0.3 is 0 Å². The van der Waals surface area contributed by atoms with Crippen molar-refractivity contribution < 1.29 is 4.79 Å². The van der Waals surface area contributed by atoms with Gasteiger partial charge in [-0.25, -0.2) is 0 Å². The highest BCUT2D eigenvalue weighted by atomic mass is 35.5. The van der Waals surface area contributed by atoms with Crippen LogP contribution in [0.15, 0.2) is 6.07 Å². The molecule has 2 fully saturated rings. The fraction of sp³-hybridized carbons (Fsp3) is 0.583. The molecule has 1 nitrogen and oxygen atoms in total. The number of rotatable bonds is 2. The van der Waals surface area contributed by atoms with Gasteiger partial charge in [0.25, 0.3) is 0 Å². The van der Waals surface area contributed by atoms with Gasteiger partial charge in [-0.05, 0) is 43.2 Å². The van der Waals surface area contributed by atoms with Gasteiger partial charge in [-0.2, -0.15) is 0 Å². The van der Waals surface area contributed by atoms with E-state index in [1.54, 1.807) is 0 Å². The highest BCUT2D eigenvalue weighted by Crippen LogP contribution is 2.58. The molecule has 0 radical (unpaired) electrons. The van der Waals surface area contributed by atoms with Gasteiger partial charge in [-0.3, -0.25) is 4.79 Å². The second-order valence-electron chi connectivity index (χ2n) is 4.72. The van der Waals surface area contributed by atoms with Crippen LogP contribution < -0.4 is 0 Å². The van der Waals surface area contributed by atoms with Gasteiger partial charge >= 0.3 is 0 Å². The molecular weight excluding hydrogens is 228 g/mol. The van der Waals surface area contributed by atoms with Gasteiger partial charge in [0.2, 0.25) is 0 Å². The summed E-state index contributed by atoms with van der Waals surface area (Å²) in [6, 6.07) is 1.95. The molecule has 0 saturated heterocycles. The average Bonchev–Trinajstić information content (AvgIpc) is 2.59. The van der Waals surface area contributed by atoms with Gasteiger partial charge in [-0.1, -0.05) is 18.0 Å². The lowest BCUT2D eigenvalue weighted by Gasteiger charge is -1.99. The van der Waals surface area contributed by atoms with Crippen molar-refractivity contribution in [2.45, 2.75) is 26.2 Å². The number of aryl methyl sites for hydroxylation is 1. The monoisotopic (exact) mass is 240 g/mol. The van der Waals surface area contributed by atoms with E-state index in [2.05, 4.69) is 0 Å². The quantitative estimate of drug-likeness (QED) is 0.716. The Labute approximate surface area is 98.4 Å². The molecular formula is C12H13ClOS. The van der Waals surface area contributed by atoms with E-state index in [1.807, 2.05) is 13.0 Å². The van der Waals surface area contributed by atoms with E-state index in [-0.39, 0.29) is 0 Å². The summed E-state index contributed by atoms with van der Waals surface area (Å²) in [4.78, 5) is 13.0. The maximum Gasteiger partial charge on any atom is 0.176 e. The minimum atomic E-state index is 0.341. The first kappa shape index (κ1) is 9.86. The van der Waals surface area contributed by atoms with Crippen molar-refractivity contribution in [3.8, 4) is 0 Å². The lowest BCUT2D eigenvalue weighted by molar-refractivity contribution is 0.0955. The van der Waals surface area contributed by atoms with Crippen molar-refractivity contribution in [1.82, 2.24) is 0 Å². The van der Waals surface area contributed by atoms with Gasteiger partial charge in [-0.15, -0.1) is 11.3 Å². The minimum Gasteiger partial charge on any atom is -0.293 e. The molecule has 80 valence electrons. The zero-order valence-corrected chi connectivity index (χ0v) is 10.2. The molecule has 2 aliphatic rings. The summed E-state index contributed by atoms with van der Waals surface area (Å²) in [7, 11) is 0. The summed E-state index contributed by atoms with van der Waals surface area (Å²) in [5.41, 5.74) is 1.04. The van der Waals surface area contributed by atoms with Gasteiger partial charge in [0.05, 0.1) is 9.21 Å². The molecule has 0 bridgehead atoms. The third-order valence-electron chi connectivity index (χ3n) is 3.81. The number of carbonyl (C=O) groups excluding carboxylic acids is 1. The number of thiophene rings is 1. The van der Waals surface area contributed by atoms with E-state index in [0.717, 1.165) is 14.8 Å². The Morgan fingerprint density at radius 3 is 2.67 bits per heavy atom. The van der Waals surface area contributed by atoms with E-state index in [0.29, 0.717) is 23.5 Å². The summed E-state index contributed by atoms with van der Waals surface area (Å²) in [5.74, 6) is 2.11. The molecule has 1 aromatic rings. The third-order valence-corrected chi connectivity index (χ3v) is 5.38. The molecule has 2 saturated carbocycles. The first-order valence-corrected chi connectivity index (χ1v) is 6.68. The van der Waals surface area contributed by atoms with Crippen molar-refractivity contribution in [3.05, 3.63) is 20.8 Å². The molecule has 0 spiro atoms. The van der Waals surface area contributed by atoms with Crippen LogP contribution in [-0.4, -0.2) is 5.78 Å². The van der Waals surface area contributed by atoms with Crippen molar-refractivity contribution in [3.63, 3.8) is 0 Å². The molecule has 0 amide bonds. The predicted octanol–water partition coefficient (Wildman–Crippen LogP) is 3.94. The molecule has 0 aromatic carbocycles. The Morgan fingerprint density at radius 1 is 1.47 bits per heavy atom. The number of Topliss-reactive ketones (excluding diaryl/α,β-unsaturated/α-hetero) is 1. The van der Waals surface area contributed by atoms with Crippen LogP contribution in [0.5, 0.6) is 0 Å². The smallest absolute Gasteiger partial charge is 0.176 e. The standard InChI is InChI=1S/C12H13ClOS/c1-6-5-9(15-12(6)13)11(14)10-7-3-2-4-8(7)10/h5,7-8,10H,2-4H2,1H3. The van der Waals surface area contributed by atoms with Gasteiger partial charge in [0, 0.05) is 5.92 Å². The maximum atomic E-state index is 12.1. The van der Waals surface area contributed by atoms with Crippen molar-refractivity contribution in [2.24, 2.45) is 17.8 Å². The molecule has 3 heteroatoms. The lowest BCUT2D eigenvalue weighted by Crippen LogP contribution is -2.03. The van der Waals surface area contributed by atoms with Crippen LogP contribution in [0.25, 0.3) is 0 Å². The highest BCUT2D eigenvalue weighted by molar-refractivity contribution is 7.18. The second-order valence-corrected chi connectivity index (χ2v) is 6.37. The summed E-state index contributed by atoms with van der Waals surface area (Å²) < 4.78 is 0.768. The van der Waals surface area contributed by atoms with Crippen LogP contribution in [0.4, 0.5) is 0 Å². The SMILES string of the molecule is Cc1cc(C(=O)C2C3CCCC32)sc1Cl. The zero-order chi connectivity index (χ0) is 10.6. The second kappa shape index (κ2) is 3.33. The van der Waals surface area contributed by atoms with Crippen LogP contribution in [0.3, 0.4) is 0 Å². The summed E-state index contributed by atoms with van der Waals surface area (Å²) in [5, 5.41) is 0. The molecule has 1 aromatic heterocycles. The molecule has 2 unspecified atom stereocenters. The summed E-state index contributed by atoms with van der Waals surface area (Å²) in [6.45, 7) is 1.96. The zero-order valence-electron chi connectivity index (χ0n) is 8.63. The van der Waals surface area contributed by atoms with E-state index < -0.39 is 0 Å². The van der Waals surface area contributed by atoms with Crippen LogP contribution >= 0.6 is 22.9 Å². The largest absolute Gasteiger partial charge is 0.293 e. The number of ketones is 1. The van der Waals surface area contributed by atoms with Crippen LogP contribution in [0.2, 0.25) is 4.34 Å². The Balaban J connectivity index is 1.81. The van der Waals surface area contributed by atoms with Crippen LogP contribution in [0, 0.1) is 24.7 Å². The van der Waals surface area contributed by atoms with Crippen molar-refractivity contribution >= 4 is 28.7 Å². The average molecular weight is 241 g/mol. The first-order chi connectivity index (χ1) is 7.18. The lowest BCUT2D eigenvalue weighted by atomic mass is 10.1. The van der Waals surface area contributed by atoms with Crippen LogP contribution in [0.1, 0.15) is 34.5 Å². The van der Waals surface area contributed by atoms with E-state index in [4.69, 9.17) is 11.6 Å². The molecule has 15 heavy (non-hydrogen) atoms. The number of carbonyl (C=O) groups is 1. The molecule has 0 aliphatic heterocycles. The van der Waals surface area contributed by atoms with Crippen molar-refractivity contribution in [2.75, 3.05) is 0 Å². The molecule has 0 N–H and O–H groups in total. The highest BCUT2D eigenvalue weighted by Gasteiger charge is 2.56. The van der Waals surface area contributed by atoms with E-state index in [9.17, 15) is 4.79 Å². The Kier molecular flexibility index (Phi) is 2.18. The van der Waals surface area contributed by atoms with Crippen LogP contribution in [-0.2, 0) is 0 Å². The predicted molar refractivity (Wildman–Crippen MR) is 62.7 cm³/mol. The number of hydrogen-bond donors (Lipinski definition) is 0. The van der Waals surface area contributed by atoms with E-state index in [1.165, 1.54) is 30.6 Å². The minimum absolute atomic E-state index is 0.341. The summed E-state index contributed by atoms with van der Waals surface area (Å²) in [6.07, 6.45) is 3.85. The maximum absolute atomic E-state index is 12.1. The van der Waals surface area contributed by atoms with Gasteiger partial charge in [0.15, 0.2) is 5.78 Å². The number of fused-ring (bicyclic) bond motifs is 1. The summed E-state index contributed by atoms with van der Waals surface area (Å²) >= 11 is 7.43. The van der Waals surface area contributed by atoms with E-state index >= 15 is 0 Å². The fourth-order valence-electron chi connectivity index (χ4n) is 2.96. The first-order valence-electron chi connectivity index (χ1n) is 5.48. The number of hydrogen-bond acceptors (Lipinski definition) is 2. The molecule has 2 atom stereocenters. The fourth-order valence-corrected chi connectivity index (χ4v) is 4.15. The van der Waals surface area contributed by atoms with Crippen molar-refractivity contribution in [1.29, 1.82) is 0 Å². The molecule has 2 aliphatic carbocycles. The van der Waals surface area contributed by atoms with Gasteiger partial charge in [0.1, 0.15) is 0 Å². The Hall–Kier alpha value is -0.340.